The van der Waals surface area contributed by atoms with E-state index in [4.69, 9.17) is 5.73 Å². The maximum absolute atomic E-state index is 11.9. The molecule has 114 valence electrons. The Morgan fingerprint density at radius 3 is 2.32 bits per heavy atom. The summed E-state index contributed by atoms with van der Waals surface area (Å²) < 4.78 is 35.6. The molecule has 0 rings (SSSR count). The van der Waals surface area contributed by atoms with E-state index in [9.17, 15) is 18.0 Å². The summed E-state index contributed by atoms with van der Waals surface area (Å²) in [6.45, 7) is 4.06. The lowest BCUT2D eigenvalue weighted by Gasteiger charge is -2.13. The van der Waals surface area contributed by atoms with E-state index in [0.29, 0.717) is 13.0 Å². The van der Waals surface area contributed by atoms with Crippen molar-refractivity contribution in [3.05, 3.63) is 0 Å². The highest BCUT2D eigenvalue weighted by Gasteiger charge is 2.25. The van der Waals surface area contributed by atoms with E-state index in [1.807, 2.05) is 13.8 Å². The van der Waals surface area contributed by atoms with Crippen LogP contribution < -0.4 is 11.1 Å². The molecule has 0 saturated carbocycles. The first-order valence-corrected chi connectivity index (χ1v) is 6.82. The molecule has 0 fully saturated rings. The van der Waals surface area contributed by atoms with Crippen molar-refractivity contribution < 1.29 is 18.0 Å². The molecule has 0 aliphatic carbocycles. The zero-order valence-electron chi connectivity index (χ0n) is 11.7. The van der Waals surface area contributed by atoms with Gasteiger partial charge in [-0.3, -0.25) is 4.79 Å². The molecular formula is C13H25F3N2O. The minimum Gasteiger partial charge on any atom is -0.356 e. The first-order valence-electron chi connectivity index (χ1n) is 6.82. The van der Waals surface area contributed by atoms with Gasteiger partial charge < -0.3 is 11.1 Å². The lowest BCUT2D eigenvalue weighted by atomic mass is 10.0. The van der Waals surface area contributed by atoms with E-state index < -0.39 is 12.6 Å². The number of halogens is 3. The molecule has 0 heterocycles. The van der Waals surface area contributed by atoms with Gasteiger partial charge in [-0.2, -0.15) is 13.2 Å². The molecule has 0 aliphatic heterocycles. The third kappa shape index (κ3) is 12.0. The number of hydrogen-bond donors (Lipinski definition) is 2. The fourth-order valence-electron chi connectivity index (χ4n) is 1.71. The van der Waals surface area contributed by atoms with Crippen molar-refractivity contribution in [3.63, 3.8) is 0 Å². The third-order valence-corrected chi connectivity index (χ3v) is 2.93. The van der Waals surface area contributed by atoms with E-state index in [1.165, 1.54) is 0 Å². The fraction of sp³-hybridized carbons (Fsp3) is 0.923. The molecule has 0 spiro atoms. The number of unbranched alkanes of at least 4 members (excludes halogenated alkanes) is 1. The summed E-state index contributed by atoms with van der Waals surface area (Å²) in [5, 5.41) is 2.67. The Bertz CT molecular complexity index is 255. The average molecular weight is 282 g/mol. The maximum Gasteiger partial charge on any atom is 0.389 e. The number of nitrogens with one attached hydrogen (secondary N) is 1. The van der Waals surface area contributed by atoms with Crippen LogP contribution in [0.25, 0.3) is 0 Å². The van der Waals surface area contributed by atoms with Gasteiger partial charge in [0.25, 0.3) is 0 Å². The van der Waals surface area contributed by atoms with Crippen molar-refractivity contribution in [2.45, 2.75) is 64.6 Å². The predicted octanol–water partition coefficient (Wildman–Crippen LogP) is 2.99. The van der Waals surface area contributed by atoms with E-state index in [-0.39, 0.29) is 24.3 Å². The minimum atomic E-state index is -4.10. The quantitative estimate of drug-likeness (QED) is 0.639. The second kappa shape index (κ2) is 9.18. The minimum absolute atomic E-state index is 0.0584. The molecule has 0 aromatic rings. The second-order valence-corrected chi connectivity index (χ2v) is 5.17. The molecule has 6 heteroatoms. The van der Waals surface area contributed by atoms with Gasteiger partial charge in [-0.25, -0.2) is 0 Å². The van der Waals surface area contributed by atoms with Crippen LogP contribution in [0.1, 0.15) is 52.4 Å². The van der Waals surface area contributed by atoms with Gasteiger partial charge in [0.05, 0.1) is 0 Å². The van der Waals surface area contributed by atoms with Gasteiger partial charge >= 0.3 is 6.18 Å². The largest absolute Gasteiger partial charge is 0.389 e. The number of alkyl halides is 3. The zero-order valence-corrected chi connectivity index (χ0v) is 11.7. The van der Waals surface area contributed by atoms with Gasteiger partial charge in [-0.15, -0.1) is 0 Å². The Hall–Kier alpha value is -0.780. The number of carbonyl (C=O) groups is 1. The second-order valence-electron chi connectivity index (χ2n) is 5.17. The summed E-state index contributed by atoms with van der Waals surface area (Å²) in [7, 11) is 0. The molecule has 19 heavy (non-hydrogen) atoms. The lowest BCUT2D eigenvalue weighted by Crippen LogP contribution is -2.30. The van der Waals surface area contributed by atoms with Crippen LogP contribution in [0.15, 0.2) is 0 Å². The summed E-state index contributed by atoms with van der Waals surface area (Å²) >= 11 is 0. The molecule has 2 unspecified atom stereocenters. The standard InChI is InChI=1S/C13H25F3N2O/c1-10(6-5-7-11(2)17)12(19)18-9-4-3-8-13(14,15)16/h10-11H,3-9,17H2,1-2H3,(H,18,19). The van der Waals surface area contributed by atoms with Crippen LogP contribution in [0.2, 0.25) is 0 Å². The van der Waals surface area contributed by atoms with Crippen molar-refractivity contribution >= 4 is 5.91 Å². The van der Waals surface area contributed by atoms with Crippen LogP contribution in [-0.4, -0.2) is 24.7 Å². The van der Waals surface area contributed by atoms with Crippen LogP contribution in [0.3, 0.4) is 0 Å². The van der Waals surface area contributed by atoms with Gasteiger partial charge in [0.1, 0.15) is 0 Å². The average Bonchev–Trinajstić information content (AvgIpc) is 2.26. The highest BCUT2D eigenvalue weighted by Crippen LogP contribution is 2.21. The van der Waals surface area contributed by atoms with Gasteiger partial charge in [-0.05, 0) is 32.6 Å². The first-order chi connectivity index (χ1) is 8.72. The van der Waals surface area contributed by atoms with E-state index >= 15 is 0 Å². The zero-order chi connectivity index (χ0) is 14.9. The summed E-state index contributed by atoms with van der Waals surface area (Å²) in [4.78, 5) is 11.6. The third-order valence-electron chi connectivity index (χ3n) is 2.93. The Morgan fingerprint density at radius 1 is 1.16 bits per heavy atom. The van der Waals surface area contributed by atoms with Crippen molar-refractivity contribution in [2.24, 2.45) is 11.7 Å². The molecule has 3 nitrogen and oxygen atoms in total. The maximum atomic E-state index is 11.9. The molecule has 3 N–H and O–H groups in total. The van der Waals surface area contributed by atoms with E-state index in [0.717, 1.165) is 19.3 Å². The van der Waals surface area contributed by atoms with Crippen molar-refractivity contribution in [3.8, 4) is 0 Å². The van der Waals surface area contributed by atoms with Gasteiger partial charge in [0.2, 0.25) is 5.91 Å². The highest BCUT2D eigenvalue weighted by molar-refractivity contribution is 5.78. The fourth-order valence-corrected chi connectivity index (χ4v) is 1.71. The van der Waals surface area contributed by atoms with Crippen LogP contribution in [0, 0.1) is 5.92 Å². The number of hydrogen-bond acceptors (Lipinski definition) is 2. The predicted molar refractivity (Wildman–Crippen MR) is 69.6 cm³/mol. The smallest absolute Gasteiger partial charge is 0.356 e. The van der Waals surface area contributed by atoms with Crippen LogP contribution in [0.4, 0.5) is 13.2 Å². The number of carbonyl (C=O) groups excluding carboxylic acids is 1. The Kier molecular flexibility index (Phi) is 8.80. The first kappa shape index (κ1) is 18.2. The number of amides is 1. The number of nitrogens with two attached hydrogens (primary N) is 1. The molecule has 0 saturated heterocycles. The number of rotatable bonds is 9. The molecule has 0 radical (unpaired) electrons. The Balaban J connectivity index is 3.57. The van der Waals surface area contributed by atoms with Crippen LogP contribution in [-0.2, 0) is 4.79 Å². The molecule has 0 aliphatic rings. The lowest BCUT2D eigenvalue weighted by molar-refractivity contribution is -0.135. The van der Waals surface area contributed by atoms with Crippen molar-refractivity contribution in [1.29, 1.82) is 0 Å². The molecule has 0 aromatic carbocycles. The van der Waals surface area contributed by atoms with Crippen LogP contribution in [0.5, 0.6) is 0 Å². The summed E-state index contributed by atoms with van der Waals surface area (Å²) in [5.74, 6) is -0.196. The normalized spacial score (nSPS) is 15.1. The Labute approximate surface area is 113 Å². The van der Waals surface area contributed by atoms with Gasteiger partial charge in [0, 0.05) is 24.9 Å². The summed E-state index contributed by atoms with van der Waals surface area (Å²) in [5.41, 5.74) is 5.61. The summed E-state index contributed by atoms with van der Waals surface area (Å²) in [6, 6.07) is 0.137. The van der Waals surface area contributed by atoms with Crippen molar-refractivity contribution in [2.75, 3.05) is 6.54 Å². The van der Waals surface area contributed by atoms with Gasteiger partial charge in [0.15, 0.2) is 0 Å². The van der Waals surface area contributed by atoms with Crippen molar-refractivity contribution in [1.82, 2.24) is 5.32 Å². The topological polar surface area (TPSA) is 55.1 Å². The van der Waals surface area contributed by atoms with Gasteiger partial charge in [-0.1, -0.05) is 13.3 Å². The molecule has 1 amide bonds. The SMILES string of the molecule is CC(N)CCCC(C)C(=O)NCCCCC(F)(F)F. The summed E-state index contributed by atoms with van der Waals surface area (Å²) in [6.07, 6.45) is -1.94. The molecule has 0 aromatic heterocycles. The molecule has 0 bridgehead atoms. The Morgan fingerprint density at radius 2 is 1.79 bits per heavy atom. The molecule has 2 atom stereocenters. The highest BCUT2D eigenvalue weighted by atomic mass is 19.4. The van der Waals surface area contributed by atoms with E-state index in [1.54, 1.807) is 0 Å². The van der Waals surface area contributed by atoms with Crippen LogP contribution >= 0.6 is 0 Å². The monoisotopic (exact) mass is 282 g/mol. The van der Waals surface area contributed by atoms with E-state index in [2.05, 4.69) is 5.32 Å². The molecular weight excluding hydrogens is 257 g/mol.